The molecular weight excluding hydrogens is 258 g/mol. The van der Waals surface area contributed by atoms with E-state index in [9.17, 15) is 9.90 Å². The number of nitrogens with one attached hydrogen (secondary N) is 1. The van der Waals surface area contributed by atoms with Gasteiger partial charge in [-0.15, -0.1) is 0 Å². The zero-order chi connectivity index (χ0) is 14.7. The van der Waals surface area contributed by atoms with Crippen LogP contribution in [-0.4, -0.2) is 41.7 Å². The SMILES string of the molecule is Cc1oc(NC(=O)CN2CCC(O)CC2)c(C#N)c1C. The Hall–Kier alpha value is -1.84. The molecular formula is C14H19N3O3. The number of amides is 1. The monoisotopic (exact) mass is 277 g/mol. The van der Waals surface area contributed by atoms with Crippen LogP contribution in [0.5, 0.6) is 0 Å². The quantitative estimate of drug-likeness (QED) is 0.865. The van der Waals surface area contributed by atoms with Crippen molar-refractivity contribution in [1.29, 1.82) is 5.26 Å². The van der Waals surface area contributed by atoms with Crippen molar-refractivity contribution in [1.82, 2.24) is 4.90 Å². The van der Waals surface area contributed by atoms with Gasteiger partial charge in [0.1, 0.15) is 17.4 Å². The van der Waals surface area contributed by atoms with Crippen LogP contribution in [0.15, 0.2) is 4.42 Å². The largest absolute Gasteiger partial charge is 0.444 e. The molecule has 6 heteroatoms. The third kappa shape index (κ3) is 3.18. The Morgan fingerprint density at radius 3 is 2.75 bits per heavy atom. The van der Waals surface area contributed by atoms with Gasteiger partial charge in [0.05, 0.1) is 12.6 Å². The molecule has 6 nitrogen and oxygen atoms in total. The van der Waals surface area contributed by atoms with E-state index in [2.05, 4.69) is 5.32 Å². The second-order valence-electron chi connectivity index (χ2n) is 5.15. The van der Waals surface area contributed by atoms with E-state index in [1.54, 1.807) is 13.8 Å². The van der Waals surface area contributed by atoms with Gasteiger partial charge in [-0.25, -0.2) is 0 Å². The van der Waals surface area contributed by atoms with Crippen molar-refractivity contribution in [3.05, 3.63) is 16.9 Å². The number of piperidine rings is 1. The summed E-state index contributed by atoms with van der Waals surface area (Å²) in [6, 6.07) is 2.04. The molecule has 2 heterocycles. The Bertz CT molecular complexity index is 537. The standard InChI is InChI=1S/C14H19N3O3/c1-9-10(2)20-14(12(9)7-15)16-13(19)8-17-5-3-11(18)4-6-17/h11,18H,3-6,8H2,1-2H3,(H,16,19). The lowest BCUT2D eigenvalue weighted by molar-refractivity contribution is -0.118. The molecule has 1 fully saturated rings. The van der Waals surface area contributed by atoms with E-state index in [-0.39, 0.29) is 24.4 Å². The zero-order valence-corrected chi connectivity index (χ0v) is 11.8. The van der Waals surface area contributed by atoms with Gasteiger partial charge >= 0.3 is 0 Å². The third-order valence-electron chi connectivity index (χ3n) is 3.67. The minimum Gasteiger partial charge on any atom is -0.444 e. The van der Waals surface area contributed by atoms with Crippen molar-refractivity contribution in [2.24, 2.45) is 0 Å². The number of anilines is 1. The predicted octanol–water partition coefficient (Wildman–Crippen LogP) is 1.16. The molecule has 0 bridgehead atoms. The van der Waals surface area contributed by atoms with Gasteiger partial charge in [0, 0.05) is 18.7 Å². The van der Waals surface area contributed by atoms with Gasteiger partial charge in [-0.05, 0) is 26.7 Å². The summed E-state index contributed by atoms with van der Waals surface area (Å²) < 4.78 is 5.40. The molecule has 0 spiro atoms. The first kappa shape index (κ1) is 14.6. The molecule has 1 aromatic rings. The number of rotatable bonds is 3. The van der Waals surface area contributed by atoms with Crippen molar-refractivity contribution in [3.8, 4) is 6.07 Å². The van der Waals surface area contributed by atoms with E-state index in [1.807, 2.05) is 11.0 Å². The first-order valence-corrected chi connectivity index (χ1v) is 6.71. The Morgan fingerprint density at radius 2 is 2.15 bits per heavy atom. The number of aryl methyl sites for hydroxylation is 1. The average molecular weight is 277 g/mol. The number of hydrogen-bond donors (Lipinski definition) is 2. The van der Waals surface area contributed by atoms with Crippen LogP contribution in [-0.2, 0) is 4.79 Å². The van der Waals surface area contributed by atoms with Crippen LogP contribution in [0, 0.1) is 25.2 Å². The first-order chi connectivity index (χ1) is 9.51. The molecule has 20 heavy (non-hydrogen) atoms. The van der Waals surface area contributed by atoms with Gasteiger partial charge in [0.2, 0.25) is 11.8 Å². The minimum absolute atomic E-state index is 0.202. The Kier molecular flexibility index (Phi) is 4.42. The highest BCUT2D eigenvalue weighted by molar-refractivity contribution is 5.92. The second kappa shape index (κ2) is 6.07. The van der Waals surface area contributed by atoms with E-state index in [4.69, 9.17) is 9.68 Å². The minimum atomic E-state index is -0.255. The molecule has 1 saturated heterocycles. The Balaban J connectivity index is 1.95. The predicted molar refractivity (Wildman–Crippen MR) is 73.2 cm³/mol. The fourth-order valence-electron chi connectivity index (χ4n) is 2.30. The molecule has 1 aromatic heterocycles. The number of furan rings is 1. The molecule has 0 atom stereocenters. The normalized spacial score (nSPS) is 16.9. The molecule has 2 N–H and O–H groups in total. The lowest BCUT2D eigenvalue weighted by Crippen LogP contribution is -2.40. The van der Waals surface area contributed by atoms with Gasteiger partial charge in [0.15, 0.2) is 0 Å². The molecule has 0 aromatic carbocycles. The molecule has 1 aliphatic rings. The van der Waals surface area contributed by atoms with Crippen LogP contribution in [0.4, 0.5) is 5.88 Å². The number of carbonyl (C=O) groups is 1. The lowest BCUT2D eigenvalue weighted by Gasteiger charge is -2.28. The number of aliphatic hydroxyl groups is 1. The van der Waals surface area contributed by atoms with Crippen LogP contribution < -0.4 is 5.32 Å². The van der Waals surface area contributed by atoms with E-state index in [1.165, 1.54) is 0 Å². The first-order valence-electron chi connectivity index (χ1n) is 6.71. The molecule has 108 valence electrons. The number of likely N-dealkylation sites (tertiary alicyclic amines) is 1. The zero-order valence-electron chi connectivity index (χ0n) is 11.8. The van der Waals surface area contributed by atoms with E-state index in [0.717, 1.165) is 5.56 Å². The molecule has 0 aliphatic carbocycles. The van der Waals surface area contributed by atoms with Crippen LogP contribution in [0.3, 0.4) is 0 Å². The Labute approximate surface area is 118 Å². The highest BCUT2D eigenvalue weighted by atomic mass is 16.4. The van der Waals surface area contributed by atoms with Crippen molar-refractivity contribution >= 4 is 11.8 Å². The average Bonchev–Trinajstić information content (AvgIpc) is 2.67. The summed E-state index contributed by atoms with van der Waals surface area (Å²) in [4.78, 5) is 13.9. The number of aliphatic hydroxyl groups excluding tert-OH is 1. The van der Waals surface area contributed by atoms with Gasteiger partial charge < -0.3 is 9.52 Å². The molecule has 2 rings (SSSR count). The molecule has 1 aliphatic heterocycles. The van der Waals surface area contributed by atoms with Crippen molar-refractivity contribution in [2.45, 2.75) is 32.8 Å². The summed E-state index contributed by atoms with van der Waals surface area (Å²) in [7, 11) is 0. The molecule has 1 amide bonds. The van der Waals surface area contributed by atoms with Crippen molar-refractivity contribution in [3.63, 3.8) is 0 Å². The maximum Gasteiger partial charge on any atom is 0.240 e. The fourth-order valence-corrected chi connectivity index (χ4v) is 2.30. The summed E-state index contributed by atoms with van der Waals surface area (Å²) >= 11 is 0. The van der Waals surface area contributed by atoms with Gasteiger partial charge in [0.25, 0.3) is 0 Å². The van der Waals surface area contributed by atoms with E-state index < -0.39 is 0 Å². The number of carbonyl (C=O) groups excluding carboxylic acids is 1. The van der Waals surface area contributed by atoms with Crippen LogP contribution in [0.25, 0.3) is 0 Å². The highest BCUT2D eigenvalue weighted by Gasteiger charge is 2.21. The highest BCUT2D eigenvalue weighted by Crippen LogP contribution is 2.25. The Morgan fingerprint density at radius 1 is 1.50 bits per heavy atom. The summed E-state index contributed by atoms with van der Waals surface area (Å²) in [6.07, 6.45) is 1.13. The van der Waals surface area contributed by atoms with Crippen molar-refractivity contribution < 1.29 is 14.3 Å². The van der Waals surface area contributed by atoms with Crippen LogP contribution in [0.2, 0.25) is 0 Å². The number of nitrogens with zero attached hydrogens (tertiary/aromatic N) is 2. The maximum absolute atomic E-state index is 12.0. The summed E-state index contributed by atoms with van der Waals surface area (Å²) in [6.45, 7) is 5.21. The molecule has 0 unspecified atom stereocenters. The van der Waals surface area contributed by atoms with Crippen molar-refractivity contribution in [2.75, 3.05) is 25.0 Å². The number of nitriles is 1. The second-order valence-corrected chi connectivity index (χ2v) is 5.15. The van der Waals surface area contributed by atoms with Gasteiger partial charge in [-0.1, -0.05) is 0 Å². The van der Waals surface area contributed by atoms with Crippen LogP contribution in [0.1, 0.15) is 29.7 Å². The topological polar surface area (TPSA) is 89.5 Å². The summed E-state index contributed by atoms with van der Waals surface area (Å²) in [5.74, 6) is 0.661. The van der Waals surface area contributed by atoms with Gasteiger partial charge in [-0.3, -0.25) is 15.0 Å². The summed E-state index contributed by atoms with van der Waals surface area (Å²) in [5, 5.41) is 21.1. The van der Waals surface area contributed by atoms with E-state index in [0.29, 0.717) is 37.3 Å². The molecule has 0 radical (unpaired) electrons. The van der Waals surface area contributed by atoms with Gasteiger partial charge in [-0.2, -0.15) is 5.26 Å². The summed E-state index contributed by atoms with van der Waals surface area (Å²) in [5.41, 5.74) is 1.13. The smallest absolute Gasteiger partial charge is 0.240 e. The fraction of sp³-hybridized carbons (Fsp3) is 0.571. The van der Waals surface area contributed by atoms with E-state index >= 15 is 0 Å². The number of hydrogen-bond acceptors (Lipinski definition) is 5. The molecule has 0 saturated carbocycles. The third-order valence-corrected chi connectivity index (χ3v) is 3.67. The lowest BCUT2D eigenvalue weighted by atomic mass is 10.1. The van der Waals surface area contributed by atoms with Crippen LogP contribution >= 0.6 is 0 Å². The maximum atomic E-state index is 12.0.